The van der Waals surface area contributed by atoms with Crippen LogP contribution in [0.2, 0.25) is 0 Å². The fraction of sp³-hybridized carbons (Fsp3) is 0.724. The van der Waals surface area contributed by atoms with Crippen molar-refractivity contribution in [3.63, 3.8) is 0 Å². The molecule has 2 heterocycles. The van der Waals surface area contributed by atoms with Crippen LogP contribution in [0.25, 0.3) is 0 Å². The highest BCUT2D eigenvalue weighted by Gasteiger charge is 2.57. The van der Waals surface area contributed by atoms with Gasteiger partial charge in [-0.15, -0.1) is 0 Å². The van der Waals surface area contributed by atoms with Gasteiger partial charge in [-0.25, -0.2) is 4.39 Å². The molecule has 1 N–H and O–H groups in total. The van der Waals surface area contributed by atoms with Crippen LogP contribution in [0.4, 0.5) is 4.39 Å². The molecular weight excluding hydrogens is 443 g/mol. The lowest BCUT2D eigenvalue weighted by Crippen LogP contribution is -2.44. The van der Waals surface area contributed by atoms with E-state index in [1.807, 2.05) is 6.07 Å². The van der Waals surface area contributed by atoms with Gasteiger partial charge in [0, 0.05) is 38.1 Å². The molecule has 1 amide bonds. The minimum atomic E-state index is -0.117. The van der Waals surface area contributed by atoms with Gasteiger partial charge >= 0.3 is 0 Å². The molecule has 35 heavy (non-hydrogen) atoms. The quantitative estimate of drug-likeness (QED) is 0.454. The molecule has 4 fully saturated rings. The fourth-order valence-electron chi connectivity index (χ4n) is 8.90. The summed E-state index contributed by atoms with van der Waals surface area (Å²) < 4.78 is 20.1. The SMILES string of the molecule is C[C@]12CCC3c4cccc(F)c4CCC3C1[C@H](CCC(=O)N1CCC3(CCOCC3)C1)C/C2=N\O. The Kier molecular flexibility index (Phi) is 5.94. The summed E-state index contributed by atoms with van der Waals surface area (Å²) in [6.07, 6.45) is 9.20. The van der Waals surface area contributed by atoms with E-state index in [9.17, 15) is 14.4 Å². The van der Waals surface area contributed by atoms with Crippen molar-refractivity contribution < 1.29 is 19.1 Å². The summed E-state index contributed by atoms with van der Waals surface area (Å²) in [7, 11) is 0. The van der Waals surface area contributed by atoms with Gasteiger partial charge in [-0.05, 0) is 104 Å². The maximum atomic E-state index is 14.6. The van der Waals surface area contributed by atoms with Gasteiger partial charge in [-0.2, -0.15) is 0 Å². The van der Waals surface area contributed by atoms with Crippen LogP contribution in [-0.2, 0) is 16.0 Å². The Bertz CT molecular complexity index is 1020. The first-order valence-electron chi connectivity index (χ1n) is 13.8. The summed E-state index contributed by atoms with van der Waals surface area (Å²) in [5, 5.41) is 13.7. The van der Waals surface area contributed by atoms with Crippen LogP contribution in [0.1, 0.15) is 81.8 Å². The molecule has 2 saturated heterocycles. The second kappa shape index (κ2) is 8.86. The highest BCUT2D eigenvalue weighted by atomic mass is 19.1. The number of oxime groups is 1. The standard InChI is InChI=1S/C29H39FN2O3/c1-28-10-9-21-20-3-2-4-24(30)22(20)6-7-23(21)27(28)19(17-25(28)31-34)5-8-26(33)32-14-11-29(18-32)12-15-35-16-13-29/h2-4,19,21,23,27,34H,5-18H2,1H3/b31-25+/t19-,21?,23?,27?,28-/m1/s1. The van der Waals surface area contributed by atoms with Crippen molar-refractivity contribution >= 4 is 11.6 Å². The Morgan fingerprint density at radius 3 is 2.86 bits per heavy atom. The normalized spacial score (nSPS) is 36.7. The summed E-state index contributed by atoms with van der Waals surface area (Å²) in [5.74, 6) is 1.78. The lowest BCUT2D eigenvalue weighted by molar-refractivity contribution is -0.131. The Balaban J connectivity index is 1.18. The predicted octanol–water partition coefficient (Wildman–Crippen LogP) is 5.55. The lowest BCUT2D eigenvalue weighted by Gasteiger charge is -2.50. The van der Waals surface area contributed by atoms with Crippen LogP contribution in [0.5, 0.6) is 0 Å². The molecule has 1 aromatic carbocycles. The predicted molar refractivity (Wildman–Crippen MR) is 132 cm³/mol. The lowest BCUT2D eigenvalue weighted by atomic mass is 9.54. The number of benzene rings is 1. The molecule has 1 spiro atoms. The Labute approximate surface area is 208 Å². The summed E-state index contributed by atoms with van der Waals surface area (Å²) in [4.78, 5) is 15.4. The Morgan fingerprint density at radius 2 is 2.06 bits per heavy atom. The van der Waals surface area contributed by atoms with Crippen LogP contribution < -0.4 is 0 Å². The Hall–Kier alpha value is -1.95. The monoisotopic (exact) mass is 482 g/mol. The molecule has 0 bridgehead atoms. The van der Waals surface area contributed by atoms with Gasteiger partial charge in [0.25, 0.3) is 0 Å². The third-order valence-corrected chi connectivity index (χ3v) is 10.8. The molecule has 190 valence electrons. The van der Waals surface area contributed by atoms with E-state index < -0.39 is 0 Å². The first-order valence-corrected chi connectivity index (χ1v) is 13.8. The van der Waals surface area contributed by atoms with Crippen molar-refractivity contribution in [2.45, 2.75) is 77.0 Å². The zero-order valence-corrected chi connectivity index (χ0v) is 21.0. The van der Waals surface area contributed by atoms with Gasteiger partial charge < -0.3 is 14.8 Å². The van der Waals surface area contributed by atoms with Crippen molar-refractivity contribution in [2.24, 2.45) is 33.7 Å². The van der Waals surface area contributed by atoms with Crippen LogP contribution in [-0.4, -0.2) is 48.0 Å². The molecule has 2 saturated carbocycles. The molecule has 6 rings (SSSR count). The second-order valence-corrected chi connectivity index (χ2v) is 12.3. The van der Waals surface area contributed by atoms with Crippen molar-refractivity contribution in [1.29, 1.82) is 0 Å². The molecule has 0 radical (unpaired) electrons. The number of carbonyl (C=O) groups is 1. The van der Waals surface area contributed by atoms with Gasteiger partial charge in [0.05, 0.1) is 5.71 Å². The number of hydrogen-bond donors (Lipinski definition) is 1. The zero-order chi connectivity index (χ0) is 24.2. The maximum absolute atomic E-state index is 14.6. The van der Waals surface area contributed by atoms with Crippen LogP contribution in [0.3, 0.4) is 0 Å². The van der Waals surface area contributed by atoms with E-state index in [2.05, 4.69) is 23.0 Å². The summed E-state index contributed by atoms with van der Waals surface area (Å²) in [6.45, 7) is 5.69. The average molecular weight is 483 g/mol. The first-order chi connectivity index (χ1) is 16.9. The number of amides is 1. The van der Waals surface area contributed by atoms with E-state index in [0.29, 0.717) is 30.1 Å². The highest BCUT2D eigenvalue weighted by molar-refractivity contribution is 5.92. The fourth-order valence-corrected chi connectivity index (χ4v) is 8.90. The smallest absolute Gasteiger partial charge is 0.222 e. The first kappa shape index (κ1) is 23.4. The van der Waals surface area contributed by atoms with Gasteiger partial charge in [0.1, 0.15) is 5.82 Å². The topological polar surface area (TPSA) is 62.1 Å². The van der Waals surface area contributed by atoms with E-state index in [0.717, 1.165) is 95.4 Å². The van der Waals surface area contributed by atoms with E-state index in [-0.39, 0.29) is 22.6 Å². The number of ether oxygens (including phenoxy) is 1. The van der Waals surface area contributed by atoms with Crippen molar-refractivity contribution in [3.8, 4) is 0 Å². The number of nitrogens with zero attached hydrogens (tertiary/aromatic N) is 2. The van der Waals surface area contributed by atoms with E-state index in [4.69, 9.17) is 4.74 Å². The minimum absolute atomic E-state index is 0.0617. The second-order valence-electron chi connectivity index (χ2n) is 12.3. The molecule has 0 aromatic heterocycles. The van der Waals surface area contributed by atoms with Gasteiger partial charge in [-0.1, -0.05) is 24.2 Å². The van der Waals surface area contributed by atoms with E-state index in [1.165, 1.54) is 5.56 Å². The molecule has 5 atom stereocenters. The molecular formula is C29H39FN2O3. The van der Waals surface area contributed by atoms with Crippen molar-refractivity contribution in [2.75, 3.05) is 26.3 Å². The largest absolute Gasteiger partial charge is 0.411 e. The third kappa shape index (κ3) is 3.82. The molecule has 1 aromatic rings. The van der Waals surface area contributed by atoms with Gasteiger partial charge in [-0.3, -0.25) is 4.79 Å². The molecule has 2 aliphatic heterocycles. The van der Waals surface area contributed by atoms with Gasteiger partial charge in [0.15, 0.2) is 0 Å². The zero-order valence-electron chi connectivity index (χ0n) is 21.0. The summed E-state index contributed by atoms with van der Waals surface area (Å²) in [5.41, 5.74) is 3.19. The number of hydrogen-bond acceptors (Lipinski definition) is 4. The van der Waals surface area contributed by atoms with E-state index >= 15 is 0 Å². The summed E-state index contributed by atoms with van der Waals surface area (Å²) >= 11 is 0. The molecule has 3 aliphatic carbocycles. The number of fused-ring (bicyclic) bond motifs is 5. The van der Waals surface area contributed by atoms with Crippen LogP contribution in [0.15, 0.2) is 23.4 Å². The highest BCUT2D eigenvalue weighted by Crippen LogP contribution is 2.62. The molecule has 5 nitrogen and oxygen atoms in total. The van der Waals surface area contributed by atoms with Crippen LogP contribution >= 0.6 is 0 Å². The van der Waals surface area contributed by atoms with E-state index in [1.54, 1.807) is 6.07 Å². The minimum Gasteiger partial charge on any atom is -0.411 e. The van der Waals surface area contributed by atoms with Crippen molar-refractivity contribution in [1.82, 2.24) is 4.90 Å². The Morgan fingerprint density at radius 1 is 1.23 bits per heavy atom. The number of likely N-dealkylation sites (tertiary alicyclic amines) is 1. The number of rotatable bonds is 3. The number of halogens is 1. The van der Waals surface area contributed by atoms with Gasteiger partial charge in [0.2, 0.25) is 5.91 Å². The molecule has 5 aliphatic rings. The third-order valence-electron chi connectivity index (χ3n) is 10.8. The maximum Gasteiger partial charge on any atom is 0.222 e. The van der Waals surface area contributed by atoms with Crippen LogP contribution in [0, 0.1) is 34.4 Å². The van der Waals surface area contributed by atoms with Crippen molar-refractivity contribution in [3.05, 3.63) is 35.1 Å². The number of carbonyl (C=O) groups excluding carboxylic acids is 1. The molecule has 3 unspecified atom stereocenters. The average Bonchev–Trinajstić information content (AvgIpc) is 3.41. The molecule has 6 heteroatoms. The summed E-state index contributed by atoms with van der Waals surface area (Å²) in [6, 6.07) is 5.58.